The Morgan fingerprint density at radius 1 is 0.857 bits per heavy atom. The average molecular weight is 563 g/mol. The number of imidazole rings is 1. The predicted octanol–water partition coefficient (Wildman–Crippen LogP) is 6.19. The minimum absolute atomic E-state index is 0.180. The van der Waals surface area contributed by atoms with Gasteiger partial charge in [-0.2, -0.15) is 0 Å². The van der Waals surface area contributed by atoms with Gasteiger partial charge in [-0.15, -0.1) is 0 Å². The lowest BCUT2D eigenvalue weighted by Gasteiger charge is -2.36. The normalized spacial score (nSPS) is 17.5. The van der Waals surface area contributed by atoms with Gasteiger partial charge >= 0.3 is 6.09 Å². The van der Waals surface area contributed by atoms with Crippen LogP contribution in [0.25, 0.3) is 11.3 Å². The molecule has 3 heterocycles. The molecule has 0 radical (unpaired) electrons. The molecule has 1 saturated heterocycles. The third-order valence-corrected chi connectivity index (χ3v) is 7.90. The maximum atomic E-state index is 13.4. The van der Waals surface area contributed by atoms with Crippen LogP contribution in [0, 0.1) is 5.41 Å². The van der Waals surface area contributed by atoms with E-state index in [1.807, 2.05) is 48.5 Å². The molecule has 42 heavy (non-hydrogen) atoms. The highest BCUT2D eigenvalue weighted by atomic mass is 16.6. The zero-order chi connectivity index (χ0) is 29.4. The van der Waals surface area contributed by atoms with Crippen LogP contribution in [-0.2, 0) is 11.3 Å². The molecule has 2 aliphatic rings. The molecule has 8 heteroatoms. The Morgan fingerprint density at radius 2 is 1.45 bits per heavy atom. The lowest BCUT2D eigenvalue weighted by Crippen LogP contribution is -2.40. The van der Waals surface area contributed by atoms with Crippen molar-refractivity contribution < 1.29 is 19.1 Å². The van der Waals surface area contributed by atoms with E-state index >= 15 is 0 Å². The van der Waals surface area contributed by atoms with Crippen LogP contribution in [0.1, 0.15) is 65.3 Å². The second-order valence-corrected chi connectivity index (χ2v) is 12.0. The smallest absolute Gasteiger partial charge is 0.410 e. The fourth-order valence-corrected chi connectivity index (χ4v) is 5.92. The van der Waals surface area contributed by atoms with Crippen LogP contribution >= 0.6 is 0 Å². The number of benzene rings is 3. The molecule has 214 valence electrons. The van der Waals surface area contributed by atoms with Crippen LogP contribution < -0.4 is 0 Å². The van der Waals surface area contributed by atoms with Gasteiger partial charge < -0.3 is 9.30 Å². The second-order valence-electron chi connectivity index (χ2n) is 12.0. The van der Waals surface area contributed by atoms with Crippen molar-refractivity contribution in [2.24, 2.45) is 5.41 Å². The Balaban J connectivity index is 1.27. The van der Waals surface area contributed by atoms with E-state index < -0.39 is 12.2 Å². The van der Waals surface area contributed by atoms with E-state index in [0.717, 1.165) is 22.6 Å². The van der Waals surface area contributed by atoms with Crippen molar-refractivity contribution in [2.45, 2.75) is 45.9 Å². The van der Waals surface area contributed by atoms with Crippen LogP contribution in [0.4, 0.5) is 4.79 Å². The summed E-state index contributed by atoms with van der Waals surface area (Å²) in [6, 6.07) is 26.7. The Hall–Kier alpha value is -4.72. The summed E-state index contributed by atoms with van der Waals surface area (Å²) < 4.78 is 7.96. The van der Waals surface area contributed by atoms with Gasteiger partial charge in [-0.05, 0) is 23.1 Å². The summed E-state index contributed by atoms with van der Waals surface area (Å²) in [6.45, 7) is 7.42. The van der Waals surface area contributed by atoms with Crippen molar-refractivity contribution >= 4 is 17.9 Å². The number of amides is 3. The van der Waals surface area contributed by atoms with E-state index in [1.165, 1.54) is 4.90 Å². The van der Waals surface area contributed by atoms with Crippen LogP contribution in [0.15, 0.2) is 91.1 Å². The van der Waals surface area contributed by atoms with Gasteiger partial charge in [0.15, 0.2) is 0 Å². The number of carbonyl (C=O) groups excluding carboxylic acids is 3. The first-order valence-electron chi connectivity index (χ1n) is 14.3. The first-order valence-corrected chi connectivity index (χ1v) is 14.3. The van der Waals surface area contributed by atoms with Crippen LogP contribution in [-0.4, -0.2) is 56.5 Å². The van der Waals surface area contributed by atoms with Crippen molar-refractivity contribution in [3.05, 3.63) is 114 Å². The Bertz CT molecular complexity index is 1590. The zero-order valence-electron chi connectivity index (χ0n) is 24.1. The molecule has 0 bridgehead atoms. The van der Waals surface area contributed by atoms with Crippen LogP contribution in [0.2, 0.25) is 0 Å². The molecule has 3 amide bonds. The number of cyclic esters (lactones) is 1. The summed E-state index contributed by atoms with van der Waals surface area (Å²) in [5.41, 5.74) is 3.43. The monoisotopic (exact) mass is 562 g/mol. The molecule has 1 unspecified atom stereocenters. The SMILES string of the molecule is CC(C)(C)[C@H](c1nc(-c2ccccc2)cn1Cc1ccccc1)N1CC(CCN2C(=O)c3ccccc3C2=O)OC1=O. The molecule has 0 spiro atoms. The van der Waals surface area contributed by atoms with Crippen molar-refractivity contribution in [3.8, 4) is 11.3 Å². The van der Waals surface area contributed by atoms with Crippen molar-refractivity contribution in [1.82, 2.24) is 19.4 Å². The quantitative estimate of drug-likeness (QED) is 0.239. The van der Waals surface area contributed by atoms with Crippen LogP contribution in [0.5, 0.6) is 0 Å². The van der Waals surface area contributed by atoms with Crippen molar-refractivity contribution in [3.63, 3.8) is 0 Å². The minimum Gasteiger partial charge on any atom is -0.444 e. The highest BCUT2D eigenvalue weighted by Gasteiger charge is 2.45. The summed E-state index contributed by atoms with van der Waals surface area (Å²) in [5, 5.41) is 0. The summed E-state index contributed by atoms with van der Waals surface area (Å²) in [7, 11) is 0. The van der Waals surface area contributed by atoms with Gasteiger partial charge in [-0.3, -0.25) is 19.4 Å². The number of hydrogen-bond acceptors (Lipinski definition) is 5. The van der Waals surface area contributed by atoms with Gasteiger partial charge in [0.1, 0.15) is 11.9 Å². The topological polar surface area (TPSA) is 84.7 Å². The first kappa shape index (κ1) is 27.4. The number of rotatable bonds is 8. The van der Waals surface area contributed by atoms with E-state index in [0.29, 0.717) is 30.6 Å². The largest absolute Gasteiger partial charge is 0.444 e. The predicted molar refractivity (Wildman–Crippen MR) is 159 cm³/mol. The number of carbonyl (C=O) groups is 3. The number of ether oxygens (including phenoxy) is 1. The Morgan fingerprint density at radius 3 is 2.07 bits per heavy atom. The lowest BCUT2D eigenvalue weighted by molar-refractivity contribution is 0.0628. The van der Waals surface area contributed by atoms with E-state index in [-0.39, 0.29) is 29.8 Å². The number of imide groups is 1. The lowest BCUT2D eigenvalue weighted by atomic mass is 9.85. The number of nitrogens with zero attached hydrogens (tertiary/aromatic N) is 4. The highest BCUT2D eigenvalue weighted by molar-refractivity contribution is 6.21. The Kier molecular flexibility index (Phi) is 7.14. The third kappa shape index (κ3) is 5.20. The van der Waals surface area contributed by atoms with Crippen LogP contribution in [0.3, 0.4) is 0 Å². The molecule has 0 saturated carbocycles. The molecule has 4 aromatic rings. The van der Waals surface area contributed by atoms with E-state index in [1.54, 1.807) is 29.2 Å². The molecule has 3 aromatic carbocycles. The molecule has 0 N–H and O–H groups in total. The maximum absolute atomic E-state index is 13.4. The van der Waals surface area contributed by atoms with Gasteiger partial charge in [0.05, 0.1) is 29.4 Å². The Labute approximate surface area is 245 Å². The van der Waals surface area contributed by atoms with Crippen molar-refractivity contribution in [2.75, 3.05) is 13.1 Å². The number of aromatic nitrogens is 2. The van der Waals surface area contributed by atoms with Gasteiger partial charge in [0.2, 0.25) is 0 Å². The minimum atomic E-state index is -0.460. The third-order valence-electron chi connectivity index (χ3n) is 7.90. The molecule has 1 aromatic heterocycles. The molecular formula is C34H34N4O4. The van der Waals surface area contributed by atoms with Gasteiger partial charge in [0, 0.05) is 31.3 Å². The summed E-state index contributed by atoms with van der Waals surface area (Å²) in [6.07, 6.45) is 1.53. The van der Waals surface area contributed by atoms with E-state index in [9.17, 15) is 14.4 Å². The molecule has 2 atom stereocenters. The molecule has 8 nitrogen and oxygen atoms in total. The molecule has 0 aliphatic carbocycles. The summed E-state index contributed by atoms with van der Waals surface area (Å²) in [5.74, 6) is 0.171. The zero-order valence-corrected chi connectivity index (χ0v) is 24.1. The average Bonchev–Trinajstić information content (AvgIpc) is 3.63. The van der Waals surface area contributed by atoms with Gasteiger partial charge in [0.25, 0.3) is 11.8 Å². The fraction of sp³-hybridized carbons (Fsp3) is 0.294. The second kappa shape index (κ2) is 10.9. The fourth-order valence-electron chi connectivity index (χ4n) is 5.92. The highest BCUT2D eigenvalue weighted by Crippen LogP contribution is 2.41. The van der Waals surface area contributed by atoms with E-state index in [4.69, 9.17) is 9.72 Å². The van der Waals surface area contributed by atoms with Gasteiger partial charge in [-0.25, -0.2) is 9.78 Å². The molecule has 2 aliphatic heterocycles. The first-order chi connectivity index (χ1) is 20.2. The molecular weight excluding hydrogens is 528 g/mol. The van der Waals surface area contributed by atoms with Gasteiger partial charge in [-0.1, -0.05) is 93.6 Å². The standard InChI is InChI=1S/C34H34N4O4/c1-34(2,3)29(30-35-28(24-14-8-5-9-15-24)22-36(30)20-23-12-6-4-7-13-23)38-21-25(42-33(38)41)18-19-37-31(39)26-16-10-11-17-27(26)32(37)40/h4-17,22,25,29H,18-21H2,1-3H3/t25?,29-/m0/s1. The molecule has 6 rings (SSSR count). The van der Waals surface area contributed by atoms with Crippen molar-refractivity contribution in [1.29, 1.82) is 0 Å². The number of hydrogen-bond donors (Lipinski definition) is 0. The summed E-state index contributed by atoms with van der Waals surface area (Å²) >= 11 is 0. The molecule has 1 fully saturated rings. The maximum Gasteiger partial charge on any atom is 0.410 e. The summed E-state index contributed by atoms with van der Waals surface area (Å²) in [4.78, 5) is 47.2. The number of fused-ring (bicyclic) bond motifs is 1. The van der Waals surface area contributed by atoms with E-state index in [2.05, 4.69) is 43.7 Å².